The maximum atomic E-state index is 13.7. The summed E-state index contributed by atoms with van der Waals surface area (Å²) < 4.78 is 2.05. The van der Waals surface area contributed by atoms with Crippen LogP contribution in [0.4, 0.5) is 0 Å². The molecule has 198 valence electrons. The van der Waals surface area contributed by atoms with E-state index in [-0.39, 0.29) is 23.3 Å². The van der Waals surface area contributed by atoms with E-state index in [9.17, 15) is 19.5 Å². The smallest absolute Gasteiger partial charge is 0.331 e. The van der Waals surface area contributed by atoms with Gasteiger partial charge in [-0.15, -0.1) is 0 Å². The quantitative estimate of drug-likeness (QED) is 0.436. The summed E-state index contributed by atoms with van der Waals surface area (Å²) in [5.41, 5.74) is 1.75. The number of carboxylic acids is 1. The van der Waals surface area contributed by atoms with E-state index in [1.54, 1.807) is 25.1 Å². The minimum atomic E-state index is -1.02. The lowest BCUT2D eigenvalue weighted by Gasteiger charge is -2.38. The lowest BCUT2D eigenvalue weighted by molar-refractivity contribution is -0.140. The van der Waals surface area contributed by atoms with Crippen molar-refractivity contribution in [3.8, 4) is 0 Å². The number of nitrogens with zero attached hydrogens (tertiary/aromatic N) is 2. The van der Waals surface area contributed by atoms with Crippen molar-refractivity contribution in [3.63, 3.8) is 0 Å². The first-order valence-electron chi connectivity index (χ1n) is 12.4. The van der Waals surface area contributed by atoms with Gasteiger partial charge in [0.2, 0.25) is 11.8 Å². The molecule has 1 aromatic heterocycles. The van der Waals surface area contributed by atoms with Crippen LogP contribution < -0.4 is 10.6 Å². The van der Waals surface area contributed by atoms with E-state index in [4.69, 9.17) is 0 Å². The molecule has 2 amide bonds. The average Bonchev–Trinajstić information content (AvgIpc) is 3.12. The van der Waals surface area contributed by atoms with Gasteiger partial charge in [-0.3, -0.25) is 9.59 Å². The summed E-state index contributed by atoms with van der Waals surface area (Å²) in [4.78, 5) is 40.1. The summed E-state index contributed by atoms with van der Waals surface area (Å²) in [5, 5.41) is 16.5. The minimum absolute atomic E-state index is 0.0130. The standard InChI is InChI=1S/C28H42N4O4/c1-17(2)23(14-18(3)27(35)36)32(9)26(34)24(28(4,5)6)30-25(33)21(29-7)15-19-16-31(8)22-13-11-10-12-20(19)22/h10-14,16-17,21,23-24,29H,15H2,1-9H3,(H,30,33)(H,35,36)/t21-,23+,24+/m0/s1. The number of amides is 2. The fraction of sp³-hybridized carbons (Fsp3) is 0.536. The predicted octanol–water partition coefficient (Wildman–Crippen LogP) is 3.35. The van der Waals surface area contributed by atoms with Gasteiger partial charge in [-0.05, 0) is 43.4 Å². The second-order valence-corrected chi connectivity index (χ2v) is 11.0. The van der Waals surface area contributed by atoms with E-state index in [1.807, 2.05) is 76.7 Å². The van der Waals surface area contributed by atoms with Crippen molar-refractivity contribution in [2.24, 2.45) is 18.4 Å². The molecule has 8 heteroatoms. The zero-order valence-electron chi connectivity index (χ0n) is 23.0. The minimum Gasteiger partial charge on any atom is -0.478 e. The number of fused-ring (bicyclic) bond motifs is 1. The third-order valence-electron chi connectivity index (χ3n) is 6.70. The monoisotopic (exact) mass is 498 g/mol. The van der Waals surface area contributed by atoms with Gasteiger partial charge < -0.3 is 25.2 Å². The highest BCUT2D eigenvalue weighted by Gasteiger charge is 2.38. The molecular weight excluding hydrogens is 456 g/mol. The lowest BCUT2D eigenvalue weighted by Crippen LogP contribution is -2.59. The Labute approximate surface area is 214 Å². The zero-order valence-corrected chi connectivity index (χ0v) is 23.0. The molecule has 1 aromatic carbocycles. The van der Waals surface area contributed by atoms with Crippen LogP contribution in [0.2, 0.25) is 0 Å². The van der Waals surface area contributed by atoms with Crippen molar-refractivity contribution in [2.45, 2.75) is 66.1 Å². The summed E-state index contributed by atoms with van der Waals surface area (Å²) in [6.45, 7) is 11.1. The first-order valence-corrected chi connectivity index (χ1v) is 12.4. The van der Waals surface area contributed by atoms with Gasteiger partial charge in [0.25, 0.3) is 0 Å². The average molecular weight is 499 g/mol. The first-order chi connectivity index (χ1) is 16.7. The summed E-state index contributed by atoms with van der Waals surface area (Å²) in [6.07, 6.45) is 4.11. The van der Waals surface area contributed by atoms with Crippen LogP contribution in [0.25, 0.3) is 10.9 Å². The highest BCUT2D eigenvalue weighted by atomic mass is 16.4. The third-order valence-corrected chi connectivity index (χ3v) is 6.70. The van der Waals surface area contributed by atoms with Crippen LogP contribution in [0.1, 0.15) is 47.1 Å². The molecule has 8 nitrogen and oxygen atoms in total. The molecule has 0 aliphatic heterocycles. The van der Waals surface area contributed by atoms with Gasteiger partial charge in [-0.1, -0.05) is 58.9 Å². The molecule has 0 aliphatic carbocycles. The van der Waals surface area contributed by atoms with Gasteiger partial charge in [0.05, 0.1) is 12.1 Å². The van der Waals surface area contributed by atoms with E-state index in [2.05, 4.69) is 10.6 Å². The second-order valence-electron chi connectivity index (χ2n) is 11.0. The molecule has 2 rings (SSSR count). The largest absolute Gasteiger partial charge is 0.478 e. The number of nitrogens with one attached hydrogen (secondary N) is 2. The molecule has 3 atom stereocenters. The number of carbonyl (C=O) groups is 3. The first kappa shape index (κ1) is 29.1. The summed E-state index contributed by atoms with van der Waals surface area (Å²) in [7, 11) is 5.38. The van der Waals surface area contributed by atoms with Crippen molar-refractivity contribution in [3.05, 3.63) is 47.7 Å². The van der Waals surface area contributed by atoms with Crippen LogP contribution >= 0.6 is 0 Å². The van der Waals surface area contributed by atoms with Gasteiger partial charge >= 0.3 is 5.97 Å². The highest BCUT2D eigenvalue weighted by molar-refractivity contribution is 5.92. The Kier molecular flexibility index (Phi) is 9.49. The van der Waals surface area contributed by atoms with Gasteiger partial charge in [-0.2, -0.15) is 0 Å². The normalized spacial score (nSPS) is 15.0. The van der Waals surface area contributed by atoms with E-state index in [0.717, 1.165) is 16.5 Å². The molecule has 0 spiro atoms. The van der Waals surface area contributed by atoms with E-state index >= 15 is 0 Å². The Balaban J connectivity index is 2.30. The molecule has 0 fully saturated rings. The van der Waals surface area contributed by atoms with Crippen molar-refractivity contribution < 1.29 is 19.5 Å². The summed E-state index contributed by atoms with van der Waals surface area (Å²) in [5.74, 6) is -1.55. The maximum absolute atomic E-state index is 13.7. The van der Waals surface area contributed by atoms with Gasteiger partial charge in [0.15, 0.2) is 0 Å². The summed E-state index contributed by atoms with van der Waals surface area (Å²) >= 11 is 0. The van der Waals surface area contributed by atoms with Crippen LogP contribution in [-0.4, -0.2) is 64.6 Å². The number of para-hydroxylation sites is 1. The number of aromatic nitrogens is 1. The Morgan fingerprint density at radius 1 is 1.17 bits per heavy atom. The number of benzene rings is 1. The van der Waals surface area contributed by atoms with Gasteiger partial charge in [0.1, 0.15) is 6.04 Å². The SMILES string of the molecule is CN[C@@H](Cc1cn(C)c2ccccc12)C(=O)N[C@H](C(=O)N(C)[C@H](C=C(C)C(=O)O)C(C)C)C(C)(C)C. The molecule has 3 N–H and O–H groups in total. The molecule has 0 radical (unpaired) electrons. The third kappa shape index (κ3) is 6.75. The molecule has 2 aromatic rings. The molecule has 0 bridgehead atoms. The number of carboxylic acid groups (broad SMARTS) is 1. The predicted molar refractivity (Wildman–Crippen MR) is 144 cm³/mol. The van der Waals surface area contributed by atoms with Crippen LogP contribution in [-0.2, 0) is 27.9 Å². The molecule has 1 heterocycles. The van der Waals surface area contributed by atoms with Crippen LogP contribution in [0.5, 0.6) is 0 Å². The fourth-order valence-corrected chi connectivity index (χ4v) is 4.45. The Hall–Kier alpha value is -3.13. The van der Waals surface area contributed by atoms with Crippen molar-refractivity contribution in [1.29, 1.82) is 0 Å². The van der Waals surface area contributed by atoms with Crippen LogP contribution in [0.15, 0.2) is 42.1 Å². The maximum Gasteiger partial charge on any atom is 0.331 e. The number of carbonyl (C=O) groups excluding carboxylic acids is 2. The Morgan fingerprint density at radius 3 is 2.31 bits per heavy atom. The molecule has 0 unspecified atom stereocenters. The van der Waals surface area contributed by atoms with Gasteiger partial charge in [0, 0.05) is 36.8 Å². The topological polar surface area (TPSA) is 104 Å². The zero-order chi connectivity index (χ0) is 27.4. The number of hydrogen-bond acceptors (Lipinski definition) is 4. The second kappa shape index (κ2) is 11.7. The number of rotatable bonds is 10. The molecule has 0 saturated carbocycles. The van der Waals surface area contributed by atoms with E-state index in [0.29, 0.717) is 6.42 Å². The summed E-state index contributed by atoms with van der Waals surface area (Å²) in [6, 6.07) is 6.31. The number of aryl methyl sites for hydroxylation is 1. The van der Waals surface area contributed by atoms with Gasteiger partial charge in [-0.25, -0.2) is 4.79 Å². The fourth-order valence-electron chi connectivity index (χ4n) is 4.45. The molecule has 0 aliphatic rings. The Bertz CT molecular complexity index is 1130. The molecule has 0 saturated heterocycles. The van der Waals surface area contributed by atoms with Crippen molar-refractivity contribution in [1.82, 2.24) is 20.1 Å². The van der Waals surface area contributed by atoms with E-state index < -0.39 is 29.5 Å². The number of likely N-dealkylation sites (N-methyl/N-ethyl adjacent to an activating group) is 2. The highest BCUT2D eigenvalue weighted by Crippen LogP contribution is 2.25. The van der Waals surface area contributed by atoms with Crippen molar-refractivity contribution >= 4 is 28.7 Å². The Morgan fingerprint density at radius 2 is 1.78 bits per heavy atom. The number of hydrogen-bond donors (Lipinski definition) is 3. The lowest BCUT2D eigenvalue weighted by atomic mass is 9.84. The van der Waals surface area contributed by atoms with Crippen LogP contribution in [0, 0.1) is 11.3 Å². The molecule has 36 heavy (non-hydrogen) atoms. The molecular formula is C28H42N4O4. The van der Waals surface area contributed by atoms with E-state index in [1.165, 1.54) is 6.92 Å². The van der Waals surface area contributed by atoms with Crippen LogP contribution in [0.3, 0.4) is 0 Å². The van der Waals surface area contributed by atoms with Crippen molar-refractivity contribution in [2.75, 3.05) is 14.1 Å². The number of aliphatic carboxylic acids is 1.